The molecule has 1 aliphatic heterocycles. The van der Waals surface area contributed by atoms with Crippen LogP contribution in [0.3, 0.4) is 0 Å². The van der Waals surface area contributed by atoms with E-state index >= 15 is 0 Å². The lowest BCUT2D eigenvalue weighted by molar-refractivity contribution is 0.0620. The van der Waals surface area contributed by atoms with Crippen molar-refractivity contribution < 1.29 is 9.53 Å². The Morgan fingerprint density at radius 1 is 1.32 bits per heavy atom. The molecule has 0 aliphatic carbocycles. The van der Waals surface area contributed by atoms with Crippen molar-refractivity contribution in [1.29, 1.82) is 0 Å². The number of aryl methyl sites for hydroxylation is 1. The lowest BCUT2D eigenvalue weighted by atomic mass is 10.0. The summed E-state index contributed by atoms with van der Waals surface area (Å²) in [5, 5.41) is 5.74. The van der Waals surface area contributed by atoms with E-state index in [1.807, 2.05) is 31.2 Å². The van der Waals surface area contributed by atoms with Gasteiger partial charge in [-0.05, 0) is 25.5 Å². The molecule has 2 aromatic heterocycles. The molecule has 144 valence electrons. The highest BCUT2D eigenvalue weighted by Gasteiger charge is 2.31. The first kappa shape index (κ1) is 18.8. The van der Waals surface area contributed by atoms with Crippen LogP contribution in [0.15, 0.2) is 35.3 Å². The first-order valence-electron chi connectivity index (χ1n) is 8.88. The summed E-state index contributed by atoms with van der Waals surface area (Å²) in [5.41, 5.74) is 7.79. The molecular weight excluding hydrogens is 398 g/mol. The predicted molar refractivity (Wildman–Crippen MR) is 109 cm³/mol. The van der Waals surface area contributed by atoms with Gasteiger partial charge in [-0.1, -0.05) is 36.7 Å². The molecule has 0 fully saturated rings. The third-order valence-corrected chi connectivity index (χ3v) is 5.92. The molecule has 3 aromatic rings. The van der Waals surface area contributed by atoms with Gasteiger partial charge in [-0.15, -0.1) is 16.4 Å². The molecule has 28 heavy (non-hydrogen) atoms. The molecule has 0 bridgehead atoms. The summed E-state index contributed by atoms with van der Waals surface area (Å²) in [6, 6.07) is 9.62. The molecule has 1 atom stereocenters. The minimum Gasteiger partial charge on any atom is -0.363 e. The normalized spacial score (nSPS) is 15.5. The Kier molecular flexibility index (Phi) is 5.01. The fraction of sp³-hybridized carbons (Fsp3) is 0.263. The van der Waals surface area contributed by atoms with Gasteiger partial charge in [0.15, 0.2) is 5.82 Å². The standard InChI is InChI=1S/C19H18ClN5O2S/c1-3-10-9-12-14(11-7-5-6-8-13(11)20)22-18(27-4-2)17-23-16(15(21)26)24-25(17)19(12)28-10/h5-9,18H,3-4H2,1-2H3,(H2,21,26). The van der Waals surface area contributed by atoms with Gasteiger partial charge in [0.2, 0.25) is 12.1 Å². The average molecular weight is 416 g/mol. The average Bonchev–Trinajstić information content (AvgIpc) is 3.28. The molecule has 4 rings (SSSR count). The van der Waals surface area contributed by atoms with Crippen LogP contribution in [-0.4, -0.2) is 33.0 Å². The number of nitrogens with two attached hydrogens (primary N) is 1. The predicted octanol–water partition coefficient (Wildman–Crippen LogP) is 3.53. The SMILES string of the molecule is CCOC1N=C(c2ccccc2Cl)c2cc(CC)sc2-n2nc(C(N)=O)nc21. The fourth-order valence-corrected chi connectivity index (χ4v) is 4.33. The van der Waals surface area contributed by atoms with E-state index in [1.165, 1.54) is 0 Å². The molecule has 0 radical (unpaired) electrons. The van der Waals surface area contributed by atoms with Crippen LogP contribution in [0.4, 0.5) is 0 Å². The summed E-state index contributed by atoms with van der Waals surface area (Å²) >= 11 is 8.05. The first-order valence-corrected chi connectivity index (χ1v) is 10.1. The maximum Gasteiger partial charge on any atom is 0.288 e. The number of halogens is 1. The van der Waals surface area contributed by atoms with Crippen molar-refractivity contribution in [1.82, 2.24) is 14.8 Å². The third kappa shape index (κ3) is 3.13. The van der Waals surface area contributed by atoms with E-state index in [9.17, 15) is 4.79 Å². The van der Waals surface area contributed by atoms with Crippen molar-refractivity contribution in [2.75, 3.05) is 6.61 Å². The van der Waals surface area contributed by atoms with E-state index in [0.29, 0.717) is 23.2 Å². The lowest BCUT2D eigenvalue weighted by Crippen LogP contribution is -2.14. The summed E-state index contributed by atoms with van der Waals surface area (Å²) < 4.78 is 7.45. The molecule has 1 aliphatic rings. The van der Waals surface area contributed by atoms with Crippen molar-refractivity contribution >= 4 is 34.6 Å². The van der Waals surface area contributed by atoms with Crippen LogP contribution in [-0.2, 0) is 11.2 Å². The lowest BCUT2D eigenvalue weighted by Gasteiger charge is -2.12. The van der Waals surface area contributed by atoms with E-state index in [2.05, 4.69) is 23.1 Å². The highest BCUT2D eigenvalue weighted by molar-refractivity contribution is 7.15. The first-order chi connectivity index (χ1) is 13.5. The van der Waals surface area contributed by atoms with Gasteiger partial charge in [0.1, 0.15) is 5.00 Å². The van der Waals surface area contributed by atoms with E-state index in [4.69, 9.17) is 27.1 Å². The molecule has 9 heteroatoms. The number of amides is 1. The molecule has 1 aromatic carbocycles. The van der Waals surface area contributed by atoms with Crippen molar-refractivity contribution in [3.8, 4) is 5.00 Å². The molecule has 0 saturated heterocycles. The monoisotopic (exact) mass is 415 g/mol. The smallest absolute Gasteiger partial charge is 0.288 e. The van der Waals surface area contributed by atoms with Crippen molar-refractivity contribution in [3.63, 3.8) is 0 Å². The number of benzene rings is 1. The zero-order valence-electron chi connectivity index (χ0n) is 15.3. The van der Waals surface area contributed by atoms with Gasteiger partial charge < -0.3 is 10.5 Å². The Hall–Kier alpha value is -2.55. The molecule has 1 amide bonds. The second-order valence-corrected chi connectivity index (χ2v) is 7.64. The van der Waals surface area contributed by atoms with Gasteiger partial charge in [-0.3, -0.25) is 4.79 Å². The van der Waals surface area contributed by atoms with Crippen LogP contribution in [0, 0.1) is 0 Å². The maximum absolute atomic E-state index is 11.7. The number of rotatable bonds is 5. The molecule has 1 unspecified atom stereocenters. The summed E-state index contributed by atoms with van der Waals surface area (Å²) in [5.74, 6) is -0.336. The van der Waals surface area contributed by atoms with Crippen LogP contribution in [0.5, 0.6) is 0 Å². The molecule has 0 saturated carbocycles. The maximum atomic E-state index is 11.7. The largest absolute Gasteiger partial charge is 0.363 e. The van der Waals surface area contributed by atoms with Crippen LogP contribution < -0.4 is 5.73 Å². The second-order valence-electron chi connectivity index (χ2n) is 6.12. The van der Waals surface area contributed by atoms with Crippen molar-refractivity contribution in [2.24, 2.45) is 10.7 Å². The van der Waals surface area contributed by atoms with Gasteiger partial charge in [-0.2, -0.15) is 0 Å². The van der Waals surface area contributed by atoms with Gasteiger partial charge >= 0.3 is 0 Å². The van der Waals surface area contributed by atoms with Crippen LogP contribution in [0.25, 0.3) is 5.00 Å². The Labute approximate surface area is 170 Å². The van der Waals surface area contributed by atoms with E-state index < -0.39 is 12.1 Å². The fourth-order valence-electron chi connectivity index (χ4n) is 3.05. The number of primary amides is 1. The number of carbonyl (C=O) groups is 1. The number of hydrogen-bond donors (Lipinski definition) is 1. The Balaban J connectivity index is 2.01. The van der Waals surface area contributed by atoms with Gasteiger partial charge in [0, 0.05) is 27.6 Å². The van der Waals surface area contributed by atoms with Crippen molar-refractivity contribution in [2.45, 2.75) is 26.5 Å². The van der Waals surface area contributed by atoms with Crippen LogP contribution in [0.1, 0.15) is 52.5 Å². The zero-order chi connectivity index (χ0) is 19.8. The highest BCUT2D eigenvalue weighted by Crippen LogP contribution is 2.36. The van der Waals surface area contributed by atoms with E-state index in [0.717, 1.165) is 27.4 Å². The second kappa shape index (κ2) is 7.46. The van der Waals surface area contributed by atoms with Gasteiger partial charge in [0.05, 0.1) is 5.71 Å². The number of carbonyl (C=O) groups excluding carboxylic acids is 1. The number of nitrogens with zero attached hydrogens (tertiary/aromatic N) is 4. The van der Waals surface area contributed by atoms with Crippen LogP contribution in [0.2, 0.25) is 5.02 Å². The topological polar surface area (TPSA) is 95.4 Å². The van der Waals surface area contributed by atoms with E-state index in [-0.39, 0.29) is 5.82 Å². The summed E-state index contributed by atoms with van der Waals surface area (Å²) in [6.07, 6.45) is 0.122. The quantitative estimate of drug-likeness (QED) is 0.689. The zero-order valence-corrected chi connectivity index (χ0v) is 16.9. The summed E-state index contributed by atoms with van der Waals surface area (Å²) in [4.78, 5) is 22.0. The Morgan fingerprint density at radius 3 is 2.79 bits per heavy atom. The van der Waals surface area contributed by atoms with Gasteiger partial charge in [-0.25, -0.2) is 14.7 Å². The molecule has 0 spiro atoms. The molecular formula is C19H18ClN5O2S. The molecule has 2 N–H and O–H groups in total. The molecule has 3 heterocycles. The number of hydrogen-bond acceptors (Lipinski definition) is 6. The van der Waals surface area contributed by atoms with Gasteiger partial charge in [0.25, 0.3) is 5.91 Å². The van der Waals surface area contributed by atoms with Crippen LogP contribution >= 0.6 is 22.9 Å². The Bertz CT molecular complexity index is 1090. The molecule has 7 nitrogen and oxygen atoms in total. The Morgan fingerprint density at radius 2 is 2.11 bits per heavy atom. The highest BCUT2D eigenvalue weighted by atomic mass is 35.5. The number of ether oxygens (including phenoxy) is 1. The summed E-state index contributed by atoms with van der Waals surface area (Å²) in [7, 11) is 0. The minimum absolute atomic E-state index is 0.0616. The number of fused-ring (bicyclic) bond motifs is 3. The van der Waals surface area contributed by atoms with E-state index in [1.54, 1.807) is 16.0 Å². The third-order valence-electron chi connectivity index (χ3n) is 4.33. The minimum atomic E-state index is -0.735. The number of thiophene rings is 1. The van der Waals surface area contributed by atoms with Crippen molar-refractivity contribution in [3.05, 3.63) is 63.0 Å². The number of aliphatic imine (C=N–C) groups is 1. The summed E-state index contributed by atoms with van der Waals surface area (Å²) in [6.45, 7) is 4.37. The number of aromatic nitrogens is 3.